The maximum atomic E-state index is 10.6. The molecule has 0 aromatic heterocycles. The van der Waals surface area contributed by atoms with E-state index in [4.69, 9.17) is 0 Å². The van der Waals surface area contributed by atoms with Crippen molar-refractivity contribution in [2.45, 2.75) is 33.1 Å². The Hall–Kier alpha value is -0.590. The first-order valence-corrected chi connectivity index (χ1v) is 3.82. The van der Waals surface area contributed by atoms with E-state index >= 15 is 0 Å². The molecule has 0 radical (unpaired) electrons. The summed E-state index contributed by atoms with van der Waals surface area (Å²) >= 11 is 0. The molecule has 0 spiro atoms. The highest BCUT2D eigenvalue weighted by Gasteiger charge is 2.04. The number of ketones is 1. The Bertz CT molecular complexity index is 116. The van der Waals surface area contributed by atoms with Crippen molar-refractivity contribution < 1.29 is 4.79 Å². The summed E-state index contributed by atoms with van der Waals surface area (Å²) in [5, 5.41) is 0. The van der Waals surface area contributed by atoms with Gasteiger partial charge in [-0.3, -0.25) is 0 Å². The van der Waals surface area contributed by atoms with Gasteiger partial charge in [0.2, 0.25) is 0 Å². The van der Waals surface area contributed by atoms with E-state index in [0.717, 1.165) is 12.8 Å². The van der Waals surface area contributed by atoms with Crippen LogP contribution in [0.1, 0.15) is 33.1 Å². The first kappa shape index (κ1) is 9.41. The van der Waals surface area contributed by atoms with Crippen molar-refractivity contribution in [2.24, 2.45) is 5.92 Å². The van der Waals surface area contributed by atoms with Crippen LogP contribution >= 0.6 is 0 Å². The topological polar surface area (TPSA) is 17.1 Å². The van der Waals surface area contributed by atoms with Gasteiger partial charge in [-0.1, -0.05) is 19.4 Å². The Balaban J connectivity index is 3.59. The maximum absolute atomic E-state index is 10.6. The lowest BCUT2D eigenvalue weighted by Crippen LogP contribution is -2.01. The van der Waals surface area contributed by atoms with E-state index in [1.54, 1.807) is 6.92 Å². The molecule has 1 nitrogen and oxygen atoms in total. The molecule has 0 saturated heterocycles. The Kier molecular flexibility index (Phi) is 4.91. The average molecular weight is 140 g/mol. The minimum absolute atomic E-state index is 0.262. The van der Waals surface area contributed by atoms with E-state index in [9.17, 15) is 4.79 Å². The van der Waals surface area contributed by atoms with E-state index in [0.29, 0.717) is 12.3 Å². The average Bonchev–Trinajstić information content (AvgIpc) is 1.86. The van der Waals surface area contributed by atoms with Crippen molar-refractivity contribution in [3.63, 3.8) is 0 Å². The summed E-state index contributed by atoms with van der Waals surface area (Å²) in [6, 6.07) is 0. The van der Waals surface area contributed by atoms with Crippen LogP contribution in [0.3, 0.4) is 0 Å². The maximum Gasteiger partial charge on any atom is 0.130 e. The fourth-order valence-electron chi connectivity index (χ4n) is 1.04. The predicted molar refractivity (Wildman–Crippen MR) is 43.9 cm³/mol. The van der Waals surface area contributed by atoms with Crippen LogP contribution in [0.25, 0.3) is 0 Å². The molecular weight excluding hydrogens is 124 g/mol. The molecule has 0 aliphatic rings. The van der Waals surface area contributed by atoms with Crippen molar-refractivity contribution in [3.05, 3.63) is 12.7 Å². The number of carbonyl (C=O) groups excluding carboxylic acids is 1. The molecule has 0 heterocycles. The van der Waals surface area contributed by atoms with Crippen LogP contribution in [0.2, 0.25) is 0 Å². The van der Waals surface area contributed by atoms with Gasteiger partial charge in [0.1, 0.15) is 5.78 Å². The number of hydrogen-bond donors (Lipinski definition) is 0. The third-order valence-electron chi connectivity index (χ3n) is 1.54. The summed E-state index contributed by atoms with van der Waals surface area (Å²) in [4.78, 5) is 10.6. The SMILES string of the molecule is C=CC(CCC)CC(C)=O. The van der Waals surface area contributed by atoms with Gasteiger partial charge in [-0.05, 0) is 19.3 Å². The molecule has 0 aromatic rings. The molecule has 0 N–H and O–H groups in total. The van der Waals surface area contributed by atoms with Gasteiger partial charge < -0.3 is 4.79 Å². The zero-order chi connectivity index (χ0) is 7.98. The van der Waals surface area contributed by atoms with Crippen LogP contribution in [-0.2, 0) is 4.79 Å². The molecule has 10 heavy (non-hydrogen) atoms. The zero-order valence-electron chi connectivity index (χ0n) is 6.89. The highest BCUT2D eigenvalue weighted by Crippen LogP contribution is 2.11. The Morgan fingerprint density at radius 3 is 2.60 bits per heavy atom. The van der Waals surface area contributed by atoms with Crippen LogP contribution in [0.4, 0.5) is 0 Å². The number of allylic oxidation sites excluding steroid dienone is 1. The van der Waals surface area contributed by atoms with Gasteiger partial charge in [0, 0.05) is 6.42 Å². The van der Waals surface area contributed by atoms with E-state index in [-0.39, 0.29) is 5.78 Å². The smallest absolute Gasteiger partial charge is 0.130 e. The Labute approximate surface area is 63.1 Å². The molecule has 0 aliphatic heterocycles. The zero-order valence-corrected chi connectivity index (χ0v) is 6.89. The quantitative estimate of drug-likeness (QED) is 0.536. The first-order chi connectivity index (χ1) is 4.70. The lowest BCUT2D eigenvalue weighted by atomic mass is 9.98. The van der Waals surface area contributed by atoms with Gasteiger partial charge in [0.15, 0.2) is 0 Å². The predicted octanol–water partition coefficient (Wildman–Crippen LogP) is 2.57. The molecule has 0 rings (SSSR count). The summed E-state index contributed by atoms with van der Waals surface area (Å²) < 4.78 is 0. The van der Waals surface area contributed by atoms with Gasteiger partial charge in [-0.2, -0.15) is 0 Å². The molecule has 0 bridgehead atoms. The molecular formula is C9H16O. The van der Waals surface area contributed by atoms with Crippen LogP contribution < -0.4 is 0 Å². The largest absolute Gasteiger partial charge is 0.300 e. The molecule has 0 aromatic carbocycles. The van der Waals surface area contributed by atoms with E-state index < -0.39 is 0 Å². The second kappa shape index (κ2) is 5.21. The van der Waals surface area contributed by atoms with Crippen LogP contribution in [0.5, 0.6) is 0 Å². The highest BCUT2D eigenvalue weighted by atomic mass is 16.1. The molecule has 1 atom stereocenters. The monoisotopic (exact) mass is 140 g/mol. The van der Waals surface area contributed by atoms with Crippen molar-refractivity contribution in [1.82, 2.24) is 0 Å². The van der Waals surface area contributed by atoms with E-state index in [2.05, 4.69) is 13.5 Å². The summed E-state index contributed by atoms with van der Waals surface area (Å²) in [6.07, 6.45) is 4.76. The standard InChI is InChI=1S/C9H16O/c1-4-6-9(5-2)7-8(3)10/h5,9H,2,4,6-7H2,1,3H3. The summed E-state index contributed by atoms with van der Waals surface area (Å²) in [7, 11) is 0. The molecule has 0 amide bonds. The van der Waals surface area contributed by atoms with Crippen LogP contribution in [0.15, 0.2) is 12.7 Å². The molecule has 58 valence electrons. The van der Waals surface area contributed by atoms with E-state index in [1.807, 2.05) is 6.08 Å². The second-order valence-corrected chi connectivity index (χ2v) is 2.69. The van der Waals surface area contributed by atoms with Gasteiger partial charge in [-0.15, -0.1) is 6.58 Å². The third-order valence-corrected chi connectivity index (χ3v) is 1.54. The number of Topliss-reactive ketones (excluding diaryl/α,β-unsaturated/α-hetero) is 1. The van der Waals surface area contributed by atoms with Gasteiger partial charge in [0.25, 0.3) is 0 Å². The van der Waals surface area contributed by atoms with Gasteiger partial charge >= 0.3 is 0 Å². The first-order valence-electron chi connectivity index (χ1n) is 3.82. The van der Waals surface area contributed by atoms with Crippen molar-refractivity contribution in [3.8, 4) is 0 Å². The Morgan fingerprint density at radius 1 is 1.70 bits per heavy atom. The van der Waals surface area contributed by atoms with Crippen LogP contribution in [-0.4, -0.2) is 5.78 Å². The normalized spacial score (nSPS) is 12.6. The lowest BCUT2D eigenvalue weighted by Gasteiger charge is -2.06. The summed E-state index contributed by atoms with van der Waals surface area (Å²) in [5.74, 6) is 0.667. The fraction of sp³-hybridized carbons (Fsp3) is 0.667. The highest BCUT2D eigenvalue weighted by molar-refractivity contribution is 5.75. The van der Waals surface area contributed by atoms with Crippen LogP contribution in [0, 0.1) is 5.92 Å². The minimum atomic E-state index is 0.262. The summed E-state index contributed by atoms with van der Waals surface area (Å²) in [6.45, 7) is 7.43. The summed E-state index contributed by atoms with van der Waals surface area (Å²) in [5.41, 5.74) is 0. The number of hydrogen-bond acceptors (Lipinski definition) is 1. The molecule has 0 saturated carbocycles. The van der Waals surface area contributed by atoms with Gasteiger partial charge in [-0.25, -0.2) is 0 Å². The third kappa shape index (κ3) is 4.30. The molecule has 1 unspecified atom stereocenters. The number of carbonyl (C=O) groups is 1. The lowest BCUT2D eigenvalue weighted by molar-refractivity contribution is -0.117. The number of rotatable bonds is 5. The molecule has 1 heteroatoms. The fourth-order valence-corrected chi connectivity index (χ4v) is 1.04. The van der Waals surface area contributed by atoms with Gasteiger partial charge in [0.05, 0.1) is 0 Å². The minimum Gasteiger partial charge on any atom is -0.300 e. The van der Waals surface area contributed by atoms with Crippen molar-refractivity contribution in [2.75, 3.05) is 0 Å². The second-order valence-electron chi connectivity index (χ2n) is 2.69. The molecule has 0 fully saturated rings. The molecule has 0 aliphatic carbocycles. The van der Waals surface area contributed by atoms with E-state index in [1.165, 1.54) is 0 Å². The van der Waals surface area contributed by atoms with Crippen molar-refractivity contribution >= 4 is 5.78 Å². The Morgan fingerprint density at radius 2 is 2.30 bits per heavy atom. The van der Waals surface area contributed by atoms with Crippen molar-refractivity contribution in [1.29, 1.82) is 0 Å².